The van der Waals surface area contributed by atoms with E-state index in [4.69, 9.17) is 9.84 Å². The maximum atomic E-state index is 11.0. The van der Waals surface area contributed by atoms with Gasteiger partial charge in [0.05, 0.1) is 0 Å². The van der Waals surface area contributed by atoms with E-state index < -0.39 is 12.6 Å². The topological polar surface area (TPSA) is 63.6 Å². The predicted octanol–water partition coefficient (Wildman–Crippen LogP) is 0.925. The number of carbonyl (C=O) groups excluding carboxylic acids is 2. The molecule has 1 aromatic rings. The molecule has 80 valence electrons. The zero-order valence-electron chi connectivity index (χ0n) is 8.40. The SMILES string of the molecule is CC(=O)c1ccc(COC(=O)CO)cc1. The minimum Gasteiger partial charge on any atom is -0.459 e. The standard InChI is InChI=1S/C11H12O4/c1-8(13)10-4-2-9(3-5-10)7-15-11(14)6-12/h2-5,12H,6-7H2,1H3. The first kappa shape index (κ1) is 11.4. The van der Waals surface area contributed by atoms with Crippen molar-refractivity contribution in [1.29, 1.82) is 0 Å². The van der Waals surface area contributed by atoms with Crippen LogP contribution >= 0.6 is 0 Å². The molecule has 0 saturated heterocycles. The maximum absolute atomic E-state index is 11.0. The van der Waals surface area contributed by atoms with Crippen LogP contribution in [0.4, 0.5) is 0 Å². The molecule has 0 saturated carbocycles. The smallest absolute Gasteiger partial charge is 0.332 e. The minimum absolute atomic E-state index is 0.00565. The summed E-state index contributed by atoms with van der Waals surface area (Å²) in [6, 6.07) is 6.76. The Morgan fingerprint density at radius 2 is 1.87 bits per heavy atom. The lowest BCUT2D eigenvalue weighted by Crippen LogP contribution is -2.08. The number of benzene rings is 1. The molecular weight excluding hydrogens is 196 g/mol. The Morgan fingerprint density at radius 1 is 1.27 bits per heavy atom. The molecule has 0 atom stereocenters. The van der Waals surface area contributed by atoms with Crippen molar-refractivity contribution in [3.05, 3.63) is 35.4 Å². The second-order valence-corrected chi connectivity index (χ2v) is 3.07. The van der Waals surface area contributed by atoms with Gasteiger partial charge in [0.2, 0.25) is 0 Å². The predicted molar refractivity (Wildman–Crippen MR) is 53.3 cm³/mol. The van der Waals surface area contributed by atoms with E-state index in [1.54, 1.807) is 24.3 Å². The van der Waals surface area contributed by atoms with Gasteiger partial charge in [0.15, 0.2) is 5.78 Å². The van der Waals surface area contributed by atoms with Crippen LogP contribution in [-0.2, 0) is 16.1 Å². The zero-order valence-corrected chi connectivity index (χ0v) is 8.40. The summed E-state index contributed by atoms with van der Waals surface area (Å²) in [7, 11) is 0. The van der Waals surface area contributed by atoms with Crippen molar-refractivity contribution in [3.8, 4) is 0 Å². The molecule has 0 amide bonds. The van der Waals surface area contributed by atoms with Gasteiger partial charge in [0.25, 0.3) is 0 Å². The number of hydrogen-bond donors (Lipinski definition) is 1. The van der Waals surface area contributed by atoms with E-state index in [9.17, 15) is 9.59 Å². The number of ether oxygens (including phenoxy) is 1. The van der Waals surface area contributed by atoms with Gasteiger partial charge >= 0.3 is 5.97 Å². The highest BCUT2D eigenvalue weighted by Gasteiger charge is 2.02. The lowest BCUT2D eigenvalue weighted by Gasteiger charge is -2.03. The van der Waals surface area contributed by atoms with Crippen LogP contribution in [0.5, 0.6) is 0 Å². The molecule has 0 bridgehead atoms. The Morgan fingerprint density at radius 3 is 2.33 bits per heavy atom. The Balaban J connectivity index is 2.57. The van der Waals surface area contributed by atoms with E-state index in [0.717, 1.165) is 5.56 Å². The largest absolute Gasteiger partial charge is 0.459 e. The minimum atomic E-state index is -0.661. The van der Waals surface area contributed by atoms with Gasteiger partial charge in [-0.1, -0.05) is 24.3 Å². The number of rotatable bonds is 4. The van der Waals surface area contributed by atoms with Gasteiger partial charge < -0.3 is 9.84 Å². The van der Waals surface area contributed by atoms with Crippen molar-refractivity contribution < 1.29 is 19.4 Å². The molecule has 0 heterocycles. The molecule has 4 heteroatoms. The Hall–Kier alpha value is -1.68. The monoisotopic (exact) mass is 208 g/mol. The first-order valence-electron chi connectivity index (χ1n) is 4.50. The third kappa shape index (κ3) is 3.52. The van der Waals surface area contributed by atoms with Crippen molar-refractivity contribution in [2.24, 2.45) is 0 Å². The fourth-order valence-electron chi connectivity index (χ4n) is 1.05. The summed E-state index contributed by atoms with van der Waals surface area (Å²) < 4.78 is 4.70. The highest BCUT2D eigenvalue weighted by atomic mass is 16.5. The summed E-state index contributed by atoms with van der Waals surface area (Å²) in [4.78, 5) is 21.6. The molecule has 0 aliphatic rings. The Kier molecular flexibility index (Phi) is 4.00. The molecule has 0 aromatic heterocycles. The van der Waals surface area contributed by atoms with Crippen LogP contribution in [0.25, 0.3) is 0 Å². The normalized spacial score (nSPS) is 9.73. The van der Waals surface area contributed by atoms with Crippen LogP contribution in [0, 0.1) is 0 Å². The second-order valence-electron chi connectivity index (χ2n) is 3.07. The van der Waals surface area contributed by atoms with Gasteiger partial charge in [-0.15, -0.1) is 0 Å². The van der Waals surface area contributed by atoms with Crippen LogP contribution in [-0.4, -0.2) is 23.5 Å². The van der Waals surface area contributed by atoms with Crippen molar-refractivity contribution in [2.75, 3.05) is 6.61 Å². The lowest BCUT2D eigenvalue weighted by atomic mass is 10.1. The van der Waals surface area contributed by atoms with Gasteiger partial charge in [0.1, 0.15) is 13.2 Å². The Bertz CT molecular complexity index is 353. The fraction of sp³-hybridized carbons (Fsp3) is 0.273. The lowest BCUT2D eigenvalue weighted by molar-refractivity contribution is -0.148. The summed E-state index contributed by atoms with van der Waals surface area (Å²) >= 11 is 0. The maximum Gasteiger partial charge on any atom is 0.332 e. The molecule has 0 aliphatic heterocycles. The van der Waals surface area contributed by atoms with E-state index in [-0.39, 0.29) is 12.4 Å². The molecule has 0 aliphatic carbocycles. The number of aliphatic hydroxyl groups excluding tert-OH is 1. The molecule has 0 unspecified atom stereocenters. The van der Waals surface area contributed by atoms with Gasteiger partial charge in [-0.2, -0.15) is 0 Å². The van der Waals surface area contributed by atoms with E-state index in [1.807, 2.05) is 0 Å². The highest BCUT2D eigenvalue weighted by Crippen LogP contribution is 2.06. The van der Waals surface area contributed by atoms with Crippen LogP contribution in [0.3, 0.4) is 0 Å². The zero-order chi connectivity index (χ0) is 11.3. The number of aliphatic hydroxyl groups is 1. The van der Waals surface area contributed by atoms with Crippen molar-refractivity contribution in [2.45, 2.75) is 13.5 Å². The Labute approximate surface area is 87.5 Å². The van der Waals surface area contributed by atoms with Crippen LogP contribution in [0.2, 0.25) is 0 Å². The molecule has 1 aromatic carbocycles. The molecule has 15 heavy (non-hydrogen) atoms. The van der Waals surface area contributed by atoms with Gasteiger partial charge in [-0.25, -0.2) is 4.79 Å². The summed E-state index contributed by atoms with van der Waals surface area (Å²) in [5, 5.41) is 8.41. The fourth-order valence-corrected chi connectivity index (χ4v) is 1.05. The van der Waals surface area contributed by atoms with Gasteiger partial charge in [0, 0.05) is 5.56 Å². The quantitative estimate of drug-likeness (QED) is 0.590. The summed E-state index contributed by atoms with van der Waals surface area (Å²) in [6.07, 6.45) is 0. The number of Topliss-reactive ketones (excluding diaryl/α,β-unsaturated/α-hetero) is 1. The van der Waals surface area contributed by atoms with E-state index in [0.29, 0.717) is 5.56 Å². The number of ketones is 1. The van der Waals surface area contributed by atoms with E-state index in [1.165, 1.54) is 6.92 Å². The summed E-state index contributed by atoms with van der Waals surface area (Å²) in [6.45, 7) is 0.976. The number of esters is 1. The van der Waals surface area contributed by atoms with Crippen molar-refractivity contribution in [1.82, 2.24) is 0 Å². The van der Waals surface area contributed by atoms with E-state index in [2.05, 4.69) is 0 Å². The van der Waals surface area contributed by atoms with Gasteiger partial charge in [-0.05, 0) is 12.5 Å². The molecule has 1 N–H and O–H groups in total. The molecular formula is C11H12O4. The third-order valence-corrected chi connectivity index (χ3v) is 1.89. The number of carbonyl (C=O) groups is 2. The third-order valence-electron chi connectivity index (χ3n) is 1.89. The molecule has 0 radical (unpaired) electrons. The van der Waals surface area contributed by atoms with Crippen LogP contribution < -0.4 is 0 Å². The second kappa shape index (κ2) is 5.26. The molecule has 4 nitrogen and oxygen atoms in total. The highest BCUT2D eigenvalue weighted by molar-refractivity contribution is 5.93. The van der Waals surface area contributed by atoms with Gasteiger partial charge in [-0.3, -0.25) is 4.79 Å². The average Bonchev–Trinajstić information content (AvgIpc) is 2.26. The average molecular weight is 208 g/mol. The van der Waals surface area contributed by atoms with Crippen LogP contribution in [0.15, 0.2) is 24.3 Å². The van der Waals surface area contributed by atoms with E-state index >= 15 is 0 Å². The summed E-state index contributed by atoms with van der Waals surface area (Å²) in [5.41, 5.74) is 1.40. The first-order valence-corrected chi connectivity index (χ1v) is 4.50. The first-order chi connectivity index (χ1) is 7.13. The molecule has 0 spiro atoms. The molecule has 0 fully saturated rings. The number of hydrogen-bond acceptors (Lipinski definition) is 4. The summed E-state index contributed by atoms with van der Waals surface area (Å²) in [5.74, 6) is -0.667. The molecule has 1 rings (SSSR count). The van der Waals surface area contributed by atoms with Crippen LogP contribution in [0.1, 0.15) is 22.8 Å². The van der Waals surface area contributed by atoms with Crippen molar-refractivity contribution in [3.63, 3.8) is 0 Å². The van der Waals surface area contributed by atoms with Crippen molar-refractivity contribution >= 4 is 11.8 Å².